The van der Waals surface area contributed by atoms with Gasteiger partial charge in [0, 0.05) is 23.3 Å². The summed E-state index contributed by atoms with van der Waals surface area (Å²) in [5.41, 5.74) is 7.90. The van der Waals surface area contributed by atoms with Crippen LogP contribution < -0.4 is 5.32 Å². The van der Waals surface area contributed by atoms with Gasteiger partial charge in [0.05, 0.1) is 5.52 Å². The predicted octanol–water partition coefficient (Wildman–Crippen LogP) is 3.77. The molecule has 0 atom stereocenters. The Labute approximate surface area is 108 Å². The quantitative estimate of drug-likeness (QED) is 0.864. The summed E-state index contributed by atoms with van der Waals surface area (Å²) in [6, 6.07) is 4.47. The first kappa shape index (κ1) is 11.5. The highest BCUT2D eigenvalue weighted by Crippen LogP contribution is 2.36. The number of aryl methyl sites for hydroxylation is 3. The maximum Gasteiger partial charge on any atom is 0.0731 e. The van der Waals surface area contributed by atoms with Gasteiger partial charge in [0.1, 0.15) is 0 Å². The molecule has 0 saturated heterocycles. The summed E-state index contributed by atoms with van der Waals surface area (Å²) in [7, 11) is 0. The van der Waals surface area contributed by atoms with E-state index >= 15 is 0 Å². The highest BCUT2D eigenvalue weighted by atomic mass is 14.9. The van der Waals surface area contributed by atoms with Gasteiger partial charge >= 0.3 is 0 Å². The number of aromatic nitrogens is 1. The number of hydrogen-bond donors (Lipinski definition) is 1. The Balaban J connectivity index is 2.38. The van der Waals surface area contributed by atoms with E-state index < -0.39 is 0 Å². The first-order chi connectivity index (χ1) is 8.70. The van der Waals surface area contributed by atoms with E-state index in [0.29, 0.717) is 0 Å². The largest absolute Gasteiger partial charge is 0.384 e. The molecule has 1 N–H and O–H groups in total. The van der Waals surface area contributed by atoms with Gasteiger partial charge in [0.15, 0.2) is 0 Å². The third kappa shape index (κ3) is 1.67. The van der Waals surface area contributed by atoms with Crippen molar-refractivity contribution in [3.05, 3.63) is 34.5 Å². The highest BCUT2D eigenvalue weighted by Gasteiger charge is 2.20. The van der Waals surface area contributed by atoms with Gasteiger partial charge in [-0.15, -0.1) is 0 Å². The lowest BCUT2D eigenvalue weighted by Crippen LogP contribution is -2.04. The van der Waals surface area contributed by atoms with Crippen molar-refractivity contribution in [1.82, 2.24) is 4.98 Å². The molecule has 1 aliphatic carbocycles. The fourth-order valence-electron chi connectivity index (χ4n) is 3.15. The Bertz CT molecular complexity index is 614. The predicted molar refractivity (Wildman–Crippen MR) is 77.4 cm³/mol. The second kappa shape index (κ2) is 4.27. The van der Waals surface area contributed by atoms with E-state index in [9.17, 15) is 0 Å². The standard InChI is InChI=1S/C16H20N2/c1-4-17-16-12-6-5-7-13(12)18-14-9-10(2)8-11(3)15(14)16/h8-9H,4-7H2,1-3H3,(H,17,18). The molecule has 2 nitrogen and oxygen atoms in total. The van der Waals surface area contributed by atoms with Gasteiger partial charge < -0.3 is 5.32 Å². The van der Waals surface area contributed by atoms with Crippen molar-refractivity contribution in [2.45, 2.75) is 40.0 Å². The average molecular weight is 240 g/mol. The Morgan fingerprint density at radius 3 is 2.83 bits per heavy atom. The van der Waals surface area contributed by atoms with Crippen molar-refractivity contribution < 1.29 is 0 Å². The minimum atomic E-state index is 0.971. The van der Waals surface area contributed by atoms with Crippen LogP contribution in [0.4, 0.5) is 5.69 Å². The third-order valence-electron chi connectivity index (χ3n) is 3.81. The molecule has 1 heterocycles. The second-order valence-electron chi connectivity index (χ2n) is 5.27. The lowest BCUT2D eigenvalue weighted by Gasteiger charge is -2.15. The monoisotopic (exact) mass is 240 g/mol. The summed E-state index contributed by atoms with van der Waals surface area (Å²) in [4.78, 5) is 4.88. The number of benzene rings is 1. The lowest BCUT2D eigenvalue weighted by molar-refractivity contribution is 0.901. The van der Waals surface area contributed by atoms with E-state index in [-0.39, 0.29) is 0 Å². The van der Waals surface area contributed by atoms with Gasteiger partial charge in [-0.2, -0.15) is 0 Å². The van der Waals surface area contributed by atoms with E-state index in [1.807, 2.05) is 0 Å². The fraction of sp³-hybridized carbons (Fsp3) is 0.438. The molecule has 0 unspecified atom stereocenters. The Hall–Kier alpha value is -1.57. The first-order valence-corrected chi connectivity index (χ1v) is 6.87. The first-order valence-electron chi connectivity index (χ1n) is 6.87. The molecule has 0 radical (unpaired) electrons. The van der Waals surface area contributed by atoms with Gasteiger partial charge in [0.2, 0.25) is 0 Å². The molecule has 0 fully saturated rings. The van der Waals surface area contributed by atoms with Crippen LogP contribution >= 0.6 is 0 Å². The third-order valence-corrected chi connectivity index (χ3v) is 3.81. The zero-order valence-corrected chi connectivity index (χ0v) is 11.4. The molecule has 1 aliphatic rings. The molecular formula is C16H20N2. The minimum Gasteiger partial charge on any atom is -0.384 e. The maximum atomic E-state index is 4.88. The topological polar surface area (TPSA) is 24.9 Å². The average Bonchev–Trinajstić information content (AvgIpc) is 2.75. The van der Waals surface area contributed by atoms with Gasteiger partial charge in [-0.05, 0) is 62.8 Å². The number of fused-ring (bicyclic) bond motifs is 2. The second-order valence-corrected chi connectivity index (χ2v) is 5.27. The van der Waals surface area contributed by atoms with Crippen LogP contribution in [0.1, 0.15) is 35.7 Å². The minimum absolute atomic E-state index is 0.971. The molecule has 94 valence electrons. The normalized spacial score (nSPS) is 13.9. The van der Waals surface area contributed by atoms with E-state index in [0.717, 1.165) is 18.5 Å². The van der Waals surface area contributed by atoms with Crippen LogP contribution in [-0.4, -0.2) is 11.5 Å². The summed E-state index contributed by atoms with van der Waals surface area (Å²) >= 11 is 0. The molecule has 2 aromatic rings. The van der Waals surface area contributed by atoms with Crippen LogP contribution in [0.3, 0.4) is 0 Å². The van der Waals surface area contributed by atoms with Crippen LogP contribution in [0.15, 0.2) is 12.1 Å². The zero-order valence-electron chi connectivity index (χ0n) is 11.4. The summed E-state index contributed by atoms with van der Waals surface area (Å²) < 4.78 is 0. The summed E-state index contributed by atoms with van der Waals surface area (Å²) in [5.74, 6) is 0. The Morgan fingerprint density at radius 1 is 1.22 bits per heavy atom. The number of nitrogens with zero attached hydrogens (tertiary/aromatic N) is 1. The van der Waals surface area contributed by atoms with Crippen molar-refractivity contribution in [1.29, 1.82) is 0 Å². The molecular weight excluding hydrogens is 220 g/mol. The number of hydrogen-bond acceptors (Lipinski definition) is 2. The van der Waals surface area contributed by atoms with Crippen molar-refractivity contribution >= 4 is 16.6 Å². The molecule has 0 aliphatic heterocycles. The molecule has 3 rings (SSSR count). The molecule has 1 aromatic heterocycles. The number of anilines is 1. The summed E-state index contributed by atoms with van der Waals surface area (Å²) in [6.45, 7) is 7.48. The van der Waals surface area contributed by atoms with Gasteiger partial charge in [0.25, 0.3) is 0 Å². The molecule has 0 amide bonds. The number of rotatable bonds is 2. The van der Waals surface area contributed by atoms with Crippen molar-refractivity contribution in [3.63, 3.8) is 0 Å². The molecule has 2 heteroatoms. The van der Waals surface area contributed by atoms with Crippen LogP contribution in [0.2, 0.25) is 0 Å². The van der Waals surface area contributed by atoms with Crippen LogP contribution in [-0.2, 0) is 12.8 Å². The molecule has 0 spiro atoms. The van der Waals surface area contributed by atoms with Crippen molar-refractivity contribution in [2.75, 3.05) is 11.9 Å². The maximum absolute atomic E-state index is 4.88. The van der Waals surface area contributed by atoms with E-state index in [2.05, 4.69) is 38.2 Å². The summed E-state index contributed by atoms with van der Waals surface area (Å²) in [6.07, 6.45) is 3.56. The van der Waals surface area contributed by atoms with E-state index in [1.165, 1.54) is 46.3 Å². The highest BCUT2D eigenvalue weighted by molar-refractivity contribution is 5.96. The van der Waals surface area contributed by atoms with Gasteiger partial charge in [-0.1, -0.05) is 6.07 Å². The smallest absolute Gasteiger partial charge is 0.0731 e. The number of nitrogens with one attached hydrogen (secondary N) is 1. The van der Waals surface area contributed by atoms with Gasteiger partial charge in [-0.25, -0.2) is 0 Å². The van der Waals surface area contributed by atoms with E-state index in [1.54, 1.807) is 0 Å². The van der Waals surface area contributed by atoms with Crippen molar-refractivity contribution in [2.24, 2.45) is 0 Å². The fourth-order valence-corrected chi connectivity index (χ4v) is 3.15. The molecule has 18 heavy (non-hydrogen) atoms. The lowest BCUT2D eigenvalue weighted by atomic mass is 10.0. The van der Waals surface area contributed by atoms with Crippen LogP contribution in [0.5, 0.6) is 0 Å². The molecule has 0 bridgehead atoms. The van der Waals surface area contributed by atoms with Crippen LogP contribution in [0.25, 0.3) is 10.9 Å². The van der Waals surface area contributed by atoms with E-state index in [4.69, 9.17) is 4.98 Å². The van der Waals surface area contributed by atoms with Crippen LogP contribution in [0, 0.1) is 13.8 Å². The van der Waals surface area contributed by atoms with Crippen molar-refractivity contribution in [3.8, 4) is 0 Å². The molecule has 1 aromatic carbocycles. The SMILES string of the molecule is CCNc1c2c(nc3cc(C)cc(C)c13)CCC2. The molecule has 0 saturated carbocycles. The Kier molecular flexibility index (Phi) is 2.73. The Morgan fingerprint density at radius 2 is 2.06 bits per heavy atom. The zero-order chi connectivity index (χ0) is 12.7. The van der Waals surface area contributed by atoms with Gasteiger partial charge in [-0.3, -0.25) is 4.98 Å². The number of pyridine rings is 1. The summed E-state index contributed by atoms with van der Waals surface area (Å²) in [5, 5.41) is 4.89.